The molecule has 0 atom stereocenters. The Hall–Kier alpha value is -1.36. The van der Waals surface area contributed by atoms with Crippen molar-refractivity contribution in [1.29, 1.82) is 0 Å². The number of hydrogen-bond donors (Lipinski definition) is 1. The van der Waals surface area contributed by atoms with E-state index in [2.05, 4.69) is 35.1 Å². The second-order valence-electron chi connectivity index (χ2n) is 6.29. The van der Waals surface area contributed by atoms with Crippen molar-refractivity contribution in [2.24, 2.45) is 5.41 Å². The summed E-state index contributed by atoms with van der Waals surface area (Å²) in [5, 5.41) is 2.93. The molecule has 0 radical (unpaired) electrons. The normalized spacial score (nSPS) is 15.1. The summed E-state index contributed by atoms with van der Waals surface area (Å²) in [4.78, 5) is 27.3. The molecule has 4 nitrogen and oxygen atoms in total. The molecule has 1 aliphatic carbocycles. The summed E-state index contributed by atoms with van der Waals surface area (Å²) in [6.07, 6.45) is 3.12. The second-order valence-corrected chi connectivity index (χ2v) is 7.15. The fourth-order valence-electron chi connectivity index (χ4n) is 2.79. The zero-order valence-electron chi connectivity index (χ0n) is 14.1. The molecule has 0 spiro atoms. The van der Waals surface area contributed by atoms with Crippen LogP contribution >= 0.6 is 15.9 Å². The number of anilines is 1. The van der Waals surface area contributed by atoms with Crippen molar-refractivity contribution in [3.05, 3.63) is 28.2 Å². The van der Waals surface area contributed by atoms with Crippen LogP contribution in [0.1, 0.15) is 45.1 Å². The van der Waals surface area contributed by atoms with Crippen LogP contribution in [0.25, 0.3) is 0 Å². The minimum absolute atomic E-state index is 0.00691. The molecule has 1 aromatic rings. The number of nitrogens with zero attached hydrogens (tertiary/aromatic N) is 1. The Kier molecular flexibility index (Phi) is 5.84. The summed E-state index contributed by atoms with van der Waals surface area (Å²) in [5.74, 6) is -0.172. The maximum absolute atomic E-state index is 12.8. The predicted molar refractivity (Wildman–Crippen MR) is 96.3 cm³/mol. The van der Waals surface area contributed by atoms with Gasteiger partial charge in [-0.15, -0.1) is 0 Å². The van der Waals surface area contributed by atoms with E-state index in [9.17, 15) is 9.59 Å². The van der Waals surface area contributed by atoms with Crippen molar-refractivity contribution < 1.29 is 9.59 Å². The second kappa shape index (κ2) is 7.47. The smallest absolute Gasteiger partial charge is 0.240 e. The molecule has 1 fully saturated rings. The highest BCUT2D eigenvalue weighted by Crippen LogP contribution is 2.48. The largest absolute Gasteiger partial charge is 0.342 e. The molecule has 1 N–H and O–H groups in total. The number of nitrogens with one attached hydrogen (secondary N) is 1. The molecule has 2 amide bonds. The van der Waals surface area contributed by atoms with E-state index in [4.69, 9.17) is 0 Å². The Labute approximate surface area is 146 Å². The Morgan fingerprint density at radius 2 is 1.83 bits per heavy atom. The average molecular weight is 381 g/mol. The van der Waals surface area contributed by atoms with Crippen LogP contribution in [-0.2, 0) is 9.59 Å². The SMILES string of the molecule is CCCN(CCC)C(=O)C1(C(=O)Nc2ccc(Br)c(C)c2)CC1. The summed E-state index contributed by atoms with van der Waals surface area (Å²) in [6, 6.07) is 5.68. The average Bonchev–Trinajstić information content (AvgIpc) is 3.32. The molecule has 5 heteroatoms. The van der Waals surface area contributed by atoms with Crippen molar-refractivity contribution in [2.75, 3.05) is 18.4 Å². The lowest BCUT2D eigenvalue weighted by Crippen LogP contribution is -2.43. The number of carbonyl (C=O) groups is 2. The molecule has 0 bridgehead atoms. The maximum atomic E-state index is 12.8. The number of rotatable bonds is 7. The van der Waals surface area contributed by atoms with Gasteiger partial charge in [0.15, 0.2) is 0 Å². The number of halogens is 1. The summed E-state index contributed by atoms with van der Waals surface area (Å²) < 4.78 is 1.00. The van der Waals surface area contributed by atoms with Gasteiger partial charge in [0, 0.05) is 23.2 Å². The van der Waals surface area contributed by atoms with Crippen LogP contribution < -0.4 is 5.32 Å². The molecule has 0 heterocycles. The van der Waals surface area contributed by atoms with Gasteiger partial charge >= 0.3 is 0 Å². The lowest BCUT2D eigenvalue weighted by molar-refractivity contribution is -0.142. The summed E-state index contributed by atoms with van der Waals surface area (Å²) in [6.45, 7) is 7.53. The first-order valence-corrected chi connectivity index (χ1v) is 9.11. The third-order valence-corrected chi connectivity index (χ3v) is 5.17. The van der Waals surface area contributed by atoms with Gasteiger partial charge in [0.1, 0.15) is 5.41 Å². The maximum Gasteiger partial charge on any atom is 0.240 e. The van der Waals surface area contributed by atoms with E-state index in [1.54, 1.807) is 0 Å². The first-order valence-electron chi connectivity index (χ1n) is 8.31. The van der Waals surface area contributed by atoms with Gasteiger partial charge in [-0.2, -0.15) is 0 Å². The van der Waals surface area contributed by atoms with Crippen LogP contribution in [0.3, 0.4) is 0 Å². The van der Waals surface area contributed by atoms with Crippen molar-refractivity contribution in [3.8, 4) is 0 Å². The molecule has 0 aliphatic heterocycles. The van der Waals surface area contributed by atoms with Gasteiger partial charge in [-0.3, -0.25) is 9.59 Å². The molecule has 1 saturated carbocycles. The molecule has 0 saturated heterocycles. The summed E-state index contributed by atoms with van der Waals surface area (Å²) in [7, 11) is 0. The Balaban J connectivity index is 2.10. The molecule has 23 heavy (non-hydrogen) atoms. The minimum Gasteiger partial charge on any atom is -0.342 e. The van der Waals surface area contributed by atoms with Crippen LogP contribution in [0, 0.1) is 12.3 Å². The van der Waals surface area contributed by atoms with Gasteiger partial charge in [-0.25, -0.2) is 0 Å². The van der Waals surface area contributed by atoms with E-state index in [-0.39, 0.29) is 11.8 Å². The molecular formula is C18H25BrN2O2. The number of benzene rings is 1. The summed E-state index contributed by atoms with van der Waals surface area (Å²) in [5.41, 5.74) is 0.954. The molecule has 1 aliphatic rings. The van der Waals surface area contributed by atoms with Crippen LogP contribution in [-0.4, -0.2) is 29.8 Å². The van der Waals surface area contributed by atoms with Gasteiger partial charge in [0.2, 0.25) is 11.8 Å². The number of carbonyl (C=O) groups excluding carboxylic acids is 2. The van der Waals surface area contributed by atoms with Crippen LogP contribution in [0.5, 0.6) is 0 Å². The molecule has 2 rings (SSSR count). The van der Waals surface area contributed by atoms with E-state index in [0.29, 0.717) is 12.8 Å². The Bertz CT molecular complexity index is 591. The van der Waals surface area contributed by atoms with Crippen molar-refractivity contribution in [1.82, 2.24) is 4.90 Å². The van der Waals surface area contributed by atoms with Crippen LogP contribution in [0.4, 0.5) is 5.69 Å². The first kappa shape index (κ1) is 18.0. The summed E-state index contributed by atoms with van der Waals surface area (Å²) >= 11 is 3.45. The van der Waals surface area contributed by atoms with Gasteiger partial charge < -0.3 is 10.2 Å². The molecule has 1 aromatic carbocycles. The zero-order chi connectivity index (χ0) is 17.0. The predicted octanol–water partition coefficient (Wildman–Crippen LogP) is 4.12. The van der Waals surface area contributed by atoms with Gasteiger partial charge in [-0.1, -0.05) is 29.8 Å². The van der Waals surface area contributed by atoms with Gasteiger partial charge in [-0.05, 0) is 56.4 Å². The number of amides is 2. The fraction of sp³-hybridized carbons (Fsp3) is 0.556. The third-order valence-electron chi connectivity index (χ3n) is 4.28. The molecule has 126 valence electrons. The quantitative estimate of drug-likeness (QED) is 0.723. The highest BCUT2D eigenvalue weighted by molar-refractivity contribution is 9.10. The lowest BCUT2D eigenvalue weighted by atomic mass is 10.0. The first-order chi connectivity index (χ1) is 10.9. The van der Waals surface area contributed by atoms with Crippen molar-refractivity contribution in [3.63, 3.8) is 0 Å². The highest BCUT2D eigenvalue weighted by Gasteiger charge is 2.57. The minimum atomic E-state index is -0.842. The number of aryl methyl sites for hydroxylation is 1. The fourth-order valence-corrected chi connectivity index (χ4v) is 3.04. The van der Waals surface area contributed by atoms with E-state index < -0.39 is 5.41 Å². The standard InChI is InChI=1S/C18H25BrN2O2/c1-4-10-21(11-5-2)17(23)18(8-9-18)16(22)20-14-6-7-15(19)13(3)12-14/h6-7,12H,4-5,8-11H2,1-3H3,(H,20,22). The topological polar surface area (TPSA) is 49.4 Å². The Morgan fingerprint density at radius 3 is 2.30 bits per heavy atom. The molecular weight excluding hydrogens is 356 g/mol. The van der Waals surface area contributed by atoms with E-state index in [0.717, 1.165) is 41.7 Å². The molecule has 0 unspecified atom stereocenters. The highest BCUT2D eigenvalue weighted by atomic mass is 79.9. The van der Waals surface area contributed by atoms with Gasteiger partial charge in [0.05, 0.1) is 0 Å². The Morgan fingerprint density at radius 1 is 1.22 bits per heavy atom. The zero-order valence-corrected chi connectivity index (χ0v) is 15.7. The monoisotopic (exact) mass is 380 g/mol. The lowest BCUT2D eigenvalue weighted by Gasteiger charge is -2.26. The van der Waals surface area contributed by atoms with Crippen molar-refractivity contribution in [2.45, 2.75) is 46.5 Å². The van der Waals surface area contributed by atoms with Crippen LogP contribution in [0.15, 0.2) is 22.7 Å². The van der Waals surface area contributed by atoms with E-state index >= 15 is 0 Å². The molecule has 0 aromatic heterocycles. The van der Waals surface area contributed by atoms with E-state index in [1.807, 2.05) is 30.0 Å². The third kappa shape index (κ3) is 3.94. The van der Waals surface area contributed by atoms with Crippen LogP contribution in [0.2, 0.25) is 0 Å². The van der Waals surface area contributed by atoms with Crippen molar-refractivity contribution >= 4 is 33.4 Å². The number of hydrogen-bond acceptors (Lipinski definition) is 2. The van der Waals surface area contributed by atoms with Gasteiger partial charge in [0.25, 0.3) is 0 Å². The van der Waals surface area contributed by atoms with E-state index in [1.165, 1.54) is 0 Å².